The Morgan fingerprint density at radius 3 is 2.61 bits per heavy atom. The number of unbranched alkanes of at least 4 members (excludes halogenated alkanes) is 1. The van der Waals surface area contributed by atoms with Crippen LogP contribution in [0.2, 0.25) is 0 Å². The third-order valence-electron chi connectivity index (χ3n) is 3.47. The number of methoxy groups -OCH3 is 1. The molecule has 0 N–H and O–H groups in total. The number of oxazole rings is 1. The number of esters is 1. The van der Waals surface area contributed by atoms with Gasteiger partial charge in [-0.1, -0.05) is 13.3 Å². The molecule has 0 aliphatic carbocycles. The number of carbonyl (C=O) groups is 2. The van der Waals surface area contributed by atoms with Crippen molar-refractivity contribution in [3.8, 4) is 11.5 Å². The lowest BCUT2D eigenvalue weighted by Crippen LogP contribution is -2.28. The summed E-state index contributed by atoms with van der Waals surface area (Å²) in [5.41, 5.74) is 1.25. The number of nitrogens with zero attached hydrogens (tertiary/aromatic N) is 2. The van der Waals surface area contributed by atoms with Gasteiger partial charge < -0.3 is 14.1 Å². The fraction of sp³-hybridized carbons (Fsp3) is 0.353. The van der Waals surface area contributed by atoms with Gasteiger partial charge in [0.15, 0.2) is 0 Å². The van der Waals surface area contributed by atoms with Crippen LogP contribution in [-0.4, -0.2) is 42.5 Å². The number of carbonyl (C=O) groups excluding carboxylic acids is 2. The van der Waals surface area contributed by atoms with Crippen LogP contribution in [0.5, 0.6) is 0 Å². The van der Waals surface area contributed by atoms with Crippen LogP contribution < -0.4 is 0 Å². The second-order valence-electron chi connectivity index (χ2n) is 5.21. The number of ether oxygens (including phenoxy) is 1. The zero-order chi connectivity index (χ0) is 16.8. The average Bonchev–Trinajstić information content (AvgIpc) is 3.12. The Balaban J connectivity index is 2.40. The number of hydrogen-bond acceptors (Lipinski definition) is 5. The smallest absolute Gasteiger partial charge is 0.337 e. The minimum Gasteiger partial charge on any atom is -0.465 e. The second-order valence-corrected chi connectivity index (χ2v) is 5.21. The van der Waals surface area contributed by atoms with Gasteiger partial charge in [-0.2, -0.15) is 0 Å². The first kappa shape index (κ1) is 16.7. The van der Waals surface area contributed by atoms with E-state index in [0.717, 1.165) is 12.8 Å². The van der Waals surface area contributed by atoms with Crippen LogP contribution in [0.15, 0.2) is 35.1 Å². The molecule has 1 amide bonds. The molecule has 0 fully saturated rings. The Kier molecular flexibility index (Phi) is 5.51. The standard InChI is InChI=1S/C17H20N2O4/c1-4-5-7-19(2)16(20)13-9-12(15-18-6-8-23-15)10-14(11-13)17(21)22-3/h6,8-11H,4-5,7H2,1-3H3. The third-order valence-corrected chi connectivity index (χ3v) is 3.47. The van der Waals surface area contributed by atoms with Crippen LogP contribution >= 0.6 is 0 Å². The Bertz CT molecular complexity index is 680. The highest BCUT2D eigenvalue weighted by Crippen LogP contribution is 2.22. The summed E-state index contributed by atoms with van der Waals surface area (Å²) in [4.78, 5) is 30.1. The van der Waals surface area contributed by atoms with E-state index >= 15 is 0 Å². The van der Waals surface area contributed by atoms with Gasteiger partial charge in [-0.05, 0) is 24.6 Å². The second kappa shape index (κ2) is 7.58. The lowest BCUT2D eigenvalue weighted by Gasteiger charge is -2.17. The van der Waals surface area contributed by atoms with Crippen LogP contribution in [0.4, 0.5) is 0 Å². The number of rotatable bonds is 6. The molecule has 0 unspecified atom stereocenters. The van der Waals surface area contributed by atoms with Crippen molar-refractivity contribution in [3.05, 3.63) is 41.8 Å². The maximum Gasteiger partial charge on any atom is 0.337 e. The molecular weight excluding hydrogens is 296 g/mol. The molecule has 122 valence electrons. The minimum absolute atomic E-state index is 0.156. The average molecular weight is 316 g/mol. The molecule has 0 saturated heterocycles. The molecule has 0 aliphatic heterocycles. The van der Waals surface area contributed by atoms with Crippen LogP contribution in [0.3, 0.4) is 0 Å². The van der Waals surface area contributed by atoms with E-state index < -0.39 is 5.97 Å². The molecule has 0 saturated carbocycles. The van der Waals surface area contributed by atoms with Crippen molar-refractivity contribution in [2.75, 3.05) is 20.7 Å². The van der Waals surface area contributed by atoms with Crippen molar-refractivity contribution < 1.29 is 18.7 Å². The summed E-state index contributed by atoms with van der Waals surface area (Å²) in [7, 11) is 3.04. The highest BCUT2D eigenvalue weighted by molar-refractivity contribution is 5.99. The van der Waals surface area contributed by atoms with Crippen LogP contribution in [-0.2, 0) is 4.74 Å². The van der Waals surface area contributed by atoms with Gasteiger partial charge in [0, 0.05) is 24.7 Å². The van der Waals surface area contributed by atoms with Crippen molar-refractivity contribution in [2.24, 2.45) is 0 Å². The molecule has 0 radical (unpaired) electrons. The minimum atomic E-state index is -0.510. The van der Waals surface area contributed by atoms with Gasteiger partial charge in [-0.25, -0.2) is 9.78 Å². The number of amides is 1. The molecule has 2 aromatic rings. The predicted molar refractivity (Wildman–Crippen MR) is 85.1 cm³/mol. The molecule has 2 rings (SSSR count). The summed E-state index contributed by atoms with van der Waals surface area (Å²) < 4.78 is 10.0. The highest BCUT2D eigenvalue weighted by atomic mass is 16.5. The van der Waals surface area contributed by atoms with Crippen LogP contribution in [0.25, 0.3) is 11.5 Å². The Hall–Kier alpha value is -2.63. The van der Waals surface area contributed by atoms with E-state index in [2.05, 4.69) is 11.9 Å². The summed E-state index contributed by atoms with van der Waals surface area (Å²) in [6.07, 6.45) is 4.87. The van der Waals surface area contributed by atoms with E-state index in [1.54, 1.807) is 24.1 Å². The fourth-order valence-corrected chi connectivity index (χ4v) is 2.19. The lowest BCUT2D eigenvalue weighted by molar-refractivity contribution is 0.0600. The zero-order valence-corrected chi connectivity index (χ0v) is 13.5. The van der Waals surface area contributed by atoms with Crippen LogP contribution in [0, 0.1) is 0 Å². The Morgan fingerprint density at radius 1 is 1.26 bits per heavy atom. The van der Waals surface area contributed by atoms with Gasteiger partial charge in [0.1, 0.15) is 6.26 Å². The van der Waals surface area contributed by atoms with E-state index in [1.807, 2.05) is 0 Å². The Labute approximate surface area is 135 Å². The summed E-state index contributed by atoms with van der Waals surface area (Å²) >= 11 is 0. The van der Waals surface area contributed by atoms with E-state index in [1.165, 1.54) is 25.6 Å². The molecule has 0 atom stereocenters. The normalized spacial score (nSPS) is 10.4. The first-order valence-corrected chi connectivity index (χ1v) is 7.45. The summed E-state index contributed by atoms with van der Waals surface area (Å²) in [6, 6.07) is 4.80. The number of hydrogen-bond donors (Lipinski definition) is 0. The van der Waals surface area contributed by atoms with Gasteiger partial charge in [0.25, 0.3) is 5.91 Å². The molecule has 0 aliphatic rings. The molecule has 0 spiro atoms. The van der Waals surface area contributed by atoms with E-state index in [9.17, 15) is 9.59 Å². The number of aromatic nitrogens is 1. The quantitative estimate of drug-likeness (QED) is 0.766. The first-order chi connectivity index (χ1) is 11.1. The van der Waals surface area contributed by atoms with E-state index in [4.69, 9.17) is 9.15 Å². The van der Waals surface area contributed by atoms with Crippen molar-refractivity contribution in [1.29, 1.82) is 0 Å². The van der Waals surface area contributed by atoms with E-state index in [-0.39, 0.29) is 11.5 Å². The van der Waals surface area contributed by atoms with Crippen molar-refractivity contribution >= 4 is 11.9 Å². The van der Waals surface area contributed by atoms with E-state index in [0.29, 0.717) is 23.6 Å². The maximum atomic E-state index is 12.6. The molecule has 23 heavy (non-hydrogen) atoms. The zero-order valence-electron chi connectivity index (χ0n) is 13.5. The largest absolute Gasteiger partial charge is 0.465 e. The van der Waals surface area contributed by atoms with Crippen molar-refractivity contribution in [2.45, 2.75) is 19.8 Å². The topological polar surface area (TPSA) is 72.6 Å². The van der Waals surface area contributed by atoms with Gasteiger partial charge >= 0.3 is 5.97 Å². The first-order valence-electron chi connectivity index (χ1n) is 7.45. The SMILES string of the molecule is CCCCN(C)C(=O)c1cc(C(=O)OC)cc(-c2ncco2)c1. The van der Waals surface area contributed by atoms with Crippen molar-refractivity contribution in [1.82, 2.24) is 9.88 Å². The summed E-state index contributed by atoms with van der Waals surface area (Å²) in [6.45, 7) is 2.73. The lowest BCUT2D eigenvalue weighted by atomic mass is 10.0. The Morgan fingerprint density at radius 2 is 2.00 bits per heavy atom. The maximum absolute atomic E-state index is 12.6. The molecule has 1 aromatic heterocycles. The fourth-order valence-electron chi connectivity index (χ4n) is 2.19. The third kappa shape index (κ3) is 3.97. The monoisotopic (exact) mass is 316 g/mol. The predicted octanol–water partition coefficient (Wildman–Crippen LogP) is 3.00. The van der Waals surface area contributed by atoms with Crippen molar-refractivity contribution in [3.63, 3.8) is 0 Å². The number of benzene rings is 1. The molecule has 1 heterocycles. The molecule has 1 aromatic carbocycles. The molecular formula is C17H20N2O4. The van der Waals surface area contributed by atoms with Crippen LogP contribution in [0.1, 0.15) is 40.5 Å². The summed E-state index contributed by atoms with van der Waals surface area (Å²) in [5.74, 6) is -0.318. The molecule has 0 bridgehead atoms. The van der Waals surface area contributed by atoms with Gasteiger partial charge in [-0.3, -0.25) is 4.79 Å². The van der Waals surface area contributed by atoms with Gasteiger partial charge in [0.2, 0.25) is 5.89 Å². The van der Waals surface area contributed by atoms with Gasteiger partial charge in [-0.15, -0.1) is 0 Å². The molecule has 6 heteroatoms. The summed E-state index contributed by atoms with van der Waals surface area (Å²) in [5, 5.41) is 0. The molecule has 6 nitrogen and oxygen atoms in total. The van der Waals surface area contributed by atoms with Gasteiger partial charge in [0.05, 0.1) is 18.9 Å². The highest BCUT2D eigenvalue weighted by Gasteiger charge is 2.18.